The average Bonchev–Trinajstić information content (AvgIpc) is 2.53. The lowest BCUT2D eigenvalue weighted by atomic mass is 10.2. The lowest BCUT2D eigenvalue weighted by Gasteiger charge is -1.98. The summed E-state index contributed by atoms with van der Waals surface area (Å²) in [5, 5.41) is 0.722. The van der Waals surface area contributed by atoms with Crippen molar-refractivity contribution in [3.8, 4) is 11.4 Å². The molecule has 2 heterocycles. The van der Waals surface area contributed by atoms with Crippen molar-refractivity contribution in [1.82, 2.24) is 9.36 Å². The van der Waals surface area contributed by atoms with Crippen LogP contribution in [0.15, 0.2) is 24.4 Å². The summed E-state index contributed by atoms with van der Waals surface area (Å²) in [4.78, 5) is 4.25. The van der Waals surface area contributed by atoms with Gasteiger partial charge in [0.25, 0.3) is 0 Å². The third kappa shape index (κ3) is 1.53. The van der Waals surface area contributed by atoms with Gasteiger partial charge < -0.3 is 5.73 Å². The standard InChI is InChI=1S/C9H9N3S/c1-6-3-2-4-11-9(6)7-5-8(10)13-12-7/h2-5H,10H2,1H3. The number of hydrogen-bond donors (Lipinski definition) is 1. The maximum absolute atomic E-state index is 5.59. The van der Waals surface area contributed by atoms with Gasteiger partial charge in [-0.2, -0.15) is 4.37 Å². The van der Waals surface area contributed by atoms with Crippen molar-refractivity contribution < 1.29 is 0 Å². The highest BCUT2D eigenvalue weighted by Gasteiger charge is 2.05. The molecule has 0 fully saturated rings. The summed E-state index contributed by atoms with van der Waals surface area (Å²) in [6, 6.07) is 5.77. The number of hydrogen-bond acceptors (Lipinski definition) is 4. The predicted molar refractivity (Wildman–Crippen MR) is 54.5 cm³/mol. The number of nitrogen functional groups attached to an aromatic ring is 1. The van der Waals surface area contributed by atoms with Gasteiger partial charge in [-0.3, -0.25) is 4.98 Å². The van der Waals surface area contributed by atoms with E-state index in [-0.39, 0.29) is 0 Å². The zero-order chi connectivity index (χ0) is 9.26. The summed E-state index contributed by atoms with van der Waals surface area (Å²) in [7, 11) is 0. The Morgan fingerprint density at radius 1 is 1.46 bits per heavy atom. The molecule has 2 N–H and O–H groups in total. The van der Waals surface area contributed by atoms with E-state index in [2.05, 4.69) is 9.36 Å². The van der Waals surface area contributed by atoms with Crippen LogP contribution in [0, 0.1) is 6.92 Å². The molecule has 0 unspecified atom stereocenters. The van der Waals surface area contributed by atoms with E-state index in [0.29, 0.717) is 0 Å². The van der Waals surface area contributed by atoms with Gasteiger partial charge in [0.2, 0.25) is 0 Å². The van der Waals surface area contributed by atoms with Gasteiger partial charge in [0.1, 0.15) is 10.7 Å². The van der Waals surface area contributed by atoms with Gasteiger partial charge in [-0.15, -0.1) is 0 Å². The minimum absolute atomic E-state index is 0.722. The van der Waals surface area contributed by atoms with E-state index in [9.17, 15) is 0 Å². The molecule has 0 aliphatic heterocycles. The molecule has 0 aliphatic carbocycles. The van der Waals surface area contributed by atoms with Crippen LogP contribution in [0.3, 0.4) is 0 Å². The summed E-state index contributed by atoms with van der Waals surface area (Å²) in [6.07, 6.45) is 1.76. The fourth-order valence-electron chi connectivity index (χ4n) is 1.15. The van der Waals surface area contributed by atoms with Crippen molar-refractivity contribution in [3.63, 3.8) is 0 Å². The van der Waals surface area contributed by atoms with E-state index in [1.165, 1.54) is 11.5 Å². The molecule has 2 rings (SSSR count). The molecule has 66 valence electrons. The first-order chi connectivity index (χ1) is 6.27. The molecule has 0 atom stereocenters. The molecule has 0 spiro atoms. The number of aromatic nitrogens is 2. The molecule has 0 saturated heterocycles. The Bertz CT molecular complexity index is 422. The summed E-state index contributed by atoms with van der Waals surface area (Å²) in [5.74, 6) is 0. The second-order valence-electron chi connectivity index (χ2n) is 2.78. The fraction of sp³-hybridized carbons (Fsp3) is 0.111. The molecule has 2 aromatic rings. The Labute approximate surface area is 80.4 Å². The molecule has 2 aromatic heterocycles. The van der Waals surface area contributed by atoms with Crippen LogP contribution in [0.25, 0.3) is 11.4 Å². The third-order valence-corrected chi connectivity index (χ3v) is 2.40. The zero-order valence-electron chi connectivity index (χ0n) is 7.19. The second-order valence-corrected chi connectivity index (χ2v) is 3.62. The highest BCUT2D eigenvalue weighted by molar-refractivity contribution is 7.10. The molecule has 13 heavy (non-hydrogen) atoms. The van der Waals surface area contributed by atoms with Crippen LogP contribution in [-0.2, 0) is 0 Å². The molecular formula is C9H9N3S. The number of nitrogens with zero attached hydrogens (tertiary/aromatic N) is 2. The largest absolute Gasteiger partial charge is 0.389 e. The first kappa shape index (κ1) is 8.19. The van der Waals surface area contributed by atoms with Crippen LogP contribution in [0.4, 0.5) is 5.00 Å². The predicted octanol–water partition coefficient (Wildman–Crippen LogP) is 2.10. The smallest absolute Gasteiger partial charge is 0.107 e. The van der Waals surface area contributed by atoms with E-state index in [4.69, 9.17) is 5.73 Å². The molecule has 0 aromatic carbocycles. The fourth-order valence-corrected chi connectivity index (χ4v) is 1.66. The summed E-state index contributed by atoms with van der Waals surface area (Å²) >= 11 is 1.30. The maximum Gasteiger partial charge on any atom is 0.107 e. The highest BCUT2D eigenvalue weighted by Crippen LogP contribution is 2.23. The molecular weight excluding hydrogens is 182 g/mol. The Morgan fingerprint density at radius 2 is 2.31 bits per heavy atom. The quantitative estimate of drug-likeness (QED) is 0.751. The van der Waals surface area contributed by atoms with Gasteiger partial charge in [0.15, 0.2) is 0 Å². The van der Waals surface area contributed by atoms with Crippen molar-refractivity contribution >= 4 is 16.5 Å². The Balaban J connectivity index is 2.52. The second kappa shape index (κ2) is 3.14. The number of nitrogens with two attached hydrogens (primary N) is 1. The monoisotopic (exact) mass is 191 g/mol. The van der Waals surface area contributed by atoms with Crippen LogP contribution in [0.2, 0.25) is 0 Å². The van der Waals surface area contributed by atoms with E-state index in [0.717, 1.165) is 22.0 Å². The number of rotatable bonds is 1. The lowest BCUT2D eigenvalue weighted by Crippen LogP contribution is -1.86. The minimum atomic E-state index is 0.722. The highest BCUT2D eigenvalue weighted by atomic mass is 32.1. The maximum atomic E-state index is 5.59. The van der Waals surface area contributed by atoms with Gasteiger partial charge in [-0.1, -0.05) is 6.07 Å². The van der Waals surface area contributed by atoms with E-state index < -0.39 is 0 Å². The Hall–Kier alpha value is -1.42. The van der Waals surface area contributed by atoms with Gasteiger partial charge in [0.05, 0.1) is 5.69 Å². The van der Waals surface area contributed by atoms with E-state index in [1.54, 1.807) is 6.20 Å². The lowest BCUT2D eigenvalue weighted by molar-refractivity contribution is 1.25. The van der Waals surface area contributed by atoms with Crippen LogP contribution in [0.5, 0.6) is 0 Å². The summed E-state index contributed by atoms with van der Waals surface area (Å²) in [5.41, 5.74) is 8.49. The van der Waals surface area contributed by atoms with Gasteiger partial charge >= 0.3 is 0 Å². The number of aryl methyl sites for hydroxylation is 1. The first-order valence-corrected chi connectivity index (χ1v) is 4.69. The first-order valence-electron chi connectivity index (χ1n) is 3.91. The van der Waals surface area contributed by atoms with Crippen molar-refractivity contribution in [1.29, 1.82) is 0 Å². The van der Waals surface area contributed by atoms with Crippen molar-refractivity contribution in [3.05, 3.63) is 30.0 Å². The average molecular weight is 191 g/mol. The molecule has 0 radical (unpaired) electrons. The van der Waals surface area contributed by atoms with Crippen molar-refractivity contribution in [2.24, 2.45) is 0 Å². The molecule has 3 nitrogen and oxygen atoms in total. The minimum Gasteiger partial charge on any atom is -0.389 e. The number of anilines is 1. The molecule has 4 heteroatoms. The normalized spacial score (nSPS) is 10.2. The van der Waals surface area contributed by atoms with Crippen LogP contribution in [-0.4, -0.2) is 9.36 Å². The van der Waals surface area contributed by atoms with Crippen LogP contribution in [0.1, 0.15) is 5.56 Å². The SMILES string of the molecule is Cc1cccnc1-c1cc(N)sn1. The summed E-state index contributed by atoms with van der Waals surface area (Å²) in [6.45, 7) is 2.01. The third-order valence-electron chi connectivity index (χ3n) is 1.78. The Kier molecular flexibility index (Phi) is 1.98. The molecule has 0 bridgehead atoms. The van der Waals surface area contributed by atoms with E-state index >= 15 is 0 Å². The summed E-state index contributed by atoms with van der Waals surface area (Å²) < 4.78 is 4.20. The number of pyridine rings is 1. The van der Waals surface area contributed by atoms with Crippen LogP contribution >= 0.6 is 11.5 Å². The molecule has 0 saturated carbocycles. The van der Waals surface area contributed by atoms with Crippen molar-refractivity contribution in [2.45, 2.75) is 6.92 Å². The molecule has 0 amide bonds. The Morgan fingerprint density at radius 3 is 2.92 bits per heavy atom. The van der Waals surface area contributed by atoms with Crippen LogP contribution < -0.4 is 5.73 Å². The van der Waals surface area contributed by atoms with Gasteiger partial charge in [0, 0.05) is 12.3 Å². The van der Waals surface area contributed by atoms with Gasteiger partial charge in [-0.25, -0.2) is 0 Å². The van der Waals surface area contributed by atoms with Gasteiger partial charge in [-0.05, 0) is 30.1 Å². The zero-order valence-corrected chi connectivity index (χ0v) is 8.01. The van der Waals surface area contributed by atoms with Crippen molar-refractivity contribution in [2.75, 3.05) is 5.73 Å². The topological polar surface area (TPSA) is 51.8 Å². The van der Waals surface area contributed by atoms with E-state index in [1.807, 2.05) is 25.1 Å². The molecule has 0 aliphatic rings.